The molecule has 5 rings (SSSR count). The highest BCUT2D eigenvalue weighted by atomic mass is 16.3. The number of hydrogen-bond donors (Lipinski definition) is 3. The first-order valence-corrected chi connectivity index (χ1v) is 11.1. The van der Waals surface area contributed by atoms with Crippen molar-refractivity contribution < 1.29 is 15.0 Å². The average Bonchev–Trinajstić information content (AvgIpc) is 3.03. The normalized spacial score (nSPS) is 34.5. The molecule has 0 aliphatic heterocycles. The molecule has 2 saturated carbocycles. The molecule has 30 heavy (non-hydrogen) atoms. The van der Waals surface area contributed by atoms with E-state index in [0.29, 0.717) is 30.0 Å². The van der Waals surface area contributed by atoms with Crippen molar-refractivity contribution in [2.24, 2.45) is 23.2 Å². The predicted octanol–water partition coefficient (Wildman–Crippen LogP) is 3.55. The van der Waals surface area contributed by atoms with Crippen LogP contribution in [0.15, 0.2) is 42.7 Å². The third-order valence-electron chi connectivity index (χ3n) is 8.27. The van der Waals surface area contributed by atoms with Gasteiger partial charge in [0.15, 0.2) is 0 Å². The number of carbonyl (C=O) groups excluding carboxylic acids is 1. The number of phenols is 1. The van der Waals surface area contributed by atoms with Gasteiger partial charge in [-0.25, -0.2) is 0 Å². The van der Waals surface area contributed by atoms with E-state index in [0.717, 1.165) is 37.7 Å². The lowest BCUT2D eigenvalue weighted by atomic mass is 9.55. The second-order valence-corrected chi connectivity index (χ2v) is 9.70. The number of aliphatic hydroxyl groups excluding tert-OH is 1. The van der Waals surface area contributed by atoms with Crippen LogP contribution < -0.4 is 5.32 Å². The lowest BCUT2D eigenvalue weighted by Crippen LogP contribution is -2.45. The Hall–Kier alpha value is -2.40. The number of benzene rings is 1. The van der Waals surface area contributed by atoms with Gasteiger partial charge >= 0.3 is 0 Å². The fourth-order valence-electron chi connectivity index (χ4n) is 6.66. The molecule has 0 bridgehead atoms. The van der Waals surface area contributed by atoms with E-state index < -0.39 is 6.10 Å². The van der Waals surface area contributed by atoms with Crippen molar-refractivity contribution in [3.8, 4) is 5.75 Å². The monoisotopic (exact) mass is 406 g/mol. The van der Waals surface area contributed by atoms with E-state index in [1.54, 1.807) is 18.5 Å². The summed E-state index contributed by atoms with van der Waals surface area (Å²) in [6.07, 6.45) is 7.62. The van der Waals surface area contributed by atoms with E-state index in [1.807, 2.05) is 18.2 Å². The summed E-state index contributed by atoms with van der Waals surface area (Å²) >= 11 is 0. The van der Waals surface area contributed by atoms with Crippen LogP contribution in [0, 0.1) is 23.2 Å². The molecule has 1 heterocycles. The van der Waals surface area contributed by atoms with Crippen molar-refractivity contribution in [3.63, 3.8) is 0 Å². The largest absolute Gasteiger partial charge is 0.508 e. The lowest BCUT2D eigenvalue weighted by molar-refractivity contribution is -0.129. The van der Waals surface area contributed by atoms with Crippen LogP contribution in [-0.2, 0) is 17.8 Å². The zero-order valence-electron chi connectivity index (χ0n) is 17.4. The molecule has 6 atom stereocenters. The number of nitrogens with zero attached hydrogens (tertiary/aromatic N) is 1. The summed E-state index contributed by atoms with van der Waals surface area (Å²) in [5.74, 6) is 1.28. The minimum Gasteiger partial charge on any atom is -0.508 e. The molecule has 1 aromatic heterocycles. The van der Waals surface area contributed by atoms with Crippen LogP contribution in [0.25, 0.3) is 0 Å². The summed E-state index contributed by atoms with van der Waals surface area (Å²) < 4.78 is 0. The predicted molar refractivity (Wildman–Crippen MR) is 114 cm³/mol. The molecule has 0 spiro atoms. The number of aromatic hydroxyl groups is 1. The highest BCUT2D eigenvalue weighted by Gasteiger charge is 2.59. The molecular weight excluding hydrogens is 376 g/mol. The molecule has 158 valence electrons. The van der Waals surface area contributed by atoms with Gasteiger partial charge in [-0.1, -0.05) is 13.0 Å². The fraction of sp³-hybridized carbons (Fsp3) is 0.520. The molecule has 3 N–H and O–H groups in total. The quantitative estimate of drug-likeness (QED) is 0.728. The molecular formula is C25H30N2O3. The number of phenolic OH excluding ortho intramolecular Hbond substituents is 1. The Kier molecular flexibility index (Phi) is 4.81. The van der Waals surface area contributed by atoms with Crippen molar-refractivity contribution in [3.05, 3.63) is 59.4 Å². The Morgan fingerprint density at radius 1 is 1.23 bits per heavy atom. The van der Waals surface area contributed by atoms with Crippen molar-refractivity contribution in [1.29, 1.82) is 0 Å². The number of aliphatic hydroxyl groups is 1. The van der Waals surface area contributed by atoms with Crippen LogP contribution in [0.2, 0.25) is 0 Å². The second-order valence-electron chi connectivity index (χ2n) is 9.70. The highest BCUT2D eigenvalue weighted by Crippen LogP contribution is 2.62. The molecule has 0 radical (unpaired) electrons. The molecule has 2 fully saturated rings. The summed E-state index contributed by atoms with van der Waals surface area (Å²) in [5, 5.41) is 24.1. The fourth-order valence-corrected chi connectivity index (χ4v) is 6.66. The summed E-state index contributed by atoms with van der Waals surface area (Å²) in [7, 11) is 0. The Morgan fingerprint density at radius 3 is 2.83 bits per heavy atom. The summed E-state index contributed by atoms with van der Waals surface area (Å²) in [4.78, 5) is 17.0. The Labute approximate surface area is 177 Å². The molecule has 3 aliphatic carbocycles. The number of pyridine rings is 1. The van der Waals surface area contributed by atoms with Gasteiger partial charge in [-0.3, -0.25) is 9.78 Å². The molecule has 0 saturated heterocycles. The third-order valence-corrected chi connectivity index (χ3v) is 8.27. The van der Waals surface area contributed by atoms with Crippen LogP contribution in [-0.4, -0.2) is 27.2 Å². The first-order valence-electron chi connectivity index (χ1n) is 11.1. The van der Waals surface area contributed by atoms with Crippen molar-refractivity contribution in [1.82, 2.24) is 10.3 Å². The average molecular weight is 407 g/mol. The number of aromatic nitrogens is 1. The van der Waals surface area contributed by atoms with Crippen LogP contribution in [0.1, 0.15) is 55.2 Å². The van der Waals surface area contributed by atoms with E-state index in [2.05, 4.69) is 23.3 Å². The van der Waals surface area contributed by atoms with E-state index in [-0.39, 0.29) is 17.2 Å². The first kappa shape index (κ1) is 19.6. The van der Waals surface area contributed by atoms with Gasteiger partial charge in [0.05, 0.1) is 12.0 Å². The number of hydrogen-bond acceptors (Lipinski definition) is 4. The highest BCUT2D eigenvalue weighted by molar-refractivity contribution is 5.80. The Morgan fingerprint density at radius 2 is 2.03 bits per heavy atom. The van der Waals surface area contributed by atoms with Gasteiger partial charge in [-0.05, 0) is 96.2 Å². The van der Waals surface area contributed by atoms with Gasteiger partial charge in [-0.15, -0.1) is 0 Å². The molecule has 1 amide bonds. The van der Waals surface area contributed by atoms with Crippen LogP contribution in [0.3, 0.4) is 0 Å². The van der Waals surface area contributed by atoms with Crippen LogP contribution in [0.5, 0.6) is 5.75 Å². The molecule has 1 aromatic carbocycles. The van der Waals surface area contributed by atoms with E-state index in [1.165, 1.54) is 11.1 Å². The summed E-state index contributed by atoms with van der Waals surface area (Å²) in [6.45, 7) is 2.66. The maximum atomic E-state index is 13.0. The van der Waals surface area contributed by atoms with E-state index in [9.17, 15) is 15.0 Å². The van der Waals surface area contributed by atoms with Crippen LogP contribution in [0.4, 0.5) is 0 Å². The summed E-state index contributed by atoms with van der Waals surface area (Å²) in [6, 6.07) is 9.60. The van der Waals surface area contributed by atoms with E-state index >= 15 is 0 Å². The maximum Gasteiger partial charge on any atom is 0.226 e. The zero-order chi connectivity index (χ0) is 20.9. The summed E-state index contributed by atoms with van der Waals surface area (Å²) in [5.41, 5.74) is 3.45. The van der Waals surface area contributed by atoms with Gasteiger partial charge < -0.3 is 15.5 Å². The molecule has 5 heteroatoms. The minimum absolute atomic E-state index is 0.0346. The number of rotatable bonds is 3. The topological polar surface area (TPSA) is 82.5 Å². The van der Waals surface area contributed by atoms with Gasteiger partial charge in [-0.2, -0.15) is 0 Å². The van der Waals surface area contributed by atoms with Crippen molar-refractivity contribution in [2.75, 3.05) is 0 Å². The van der Waals surface area contributed by atoms with Gasteiger partial charge in [0.2, 0.25) is 5.91 Å². The maximum absolute atomic E-state index is 13.0. The lowest BCUT2D eigenvalue weighted by Gasteiger charge is -2.50. The number of amides is 1. The van der Waals surface area contributed by atoms with Gasteiger partial charge in [0, 0.05) is 18.9 Å². The van der Waals surface area contributed by atoms with Crippen molar-refractivity contribution >= 4 is 5.91 Å². The number of nitrogens with one attached hydrogen (secondary N) is 1. The molecule has 1 unspecified atom stereocenters. The first-order chi connectivity index (χ1) is 14.5. The number of carbonyl (C=O) groups is 1. The standard InChI is InChI=1S/C25H30N2O3/c1-25-9-6-19-18-5-3-17(28)12-16(18)2-4-20(19)22(25)13-21(23(25)29)24(30)27-14-15-7-10-26-11-8-15/h3,5,7-8,10-12,19-23,28-29H,2,4,6,9,13-14H2,1H3,(H,27,30)/t19-,20-,21?,22+,23+,25+/m1/s1. The van der Waals surface area contributed by atoms with Gasteiger partial charge in [0.25, 0.3) is 0 Å². The van der Waals surface area contributed by atoms with Crippen molar-refractivity contribution in [2.45, 2.75) is 57.6 Å². The third kappa shape index (κ3) is 3.11. The van der Waals surface area contributed by atoms with Gasteiger partial charge in [0.1, 0.15) is 5.75 Å². The second kappa shape index (κ2) is 7.38. The van der Waals surface area contributed by atoms with Crippen LogP contribution >= 0.6 is 0 Å². The van der Waals surface area contributed by atoms with E-state index in [4.69, 9.17) is 0 Å². The molecule has 5 nitrogen and oxygen atoms in total. The molecule has 3 aliphatic rings. The smallest absolute Gasteiger partial charge is 0.226 e. The minimum atomic E-state index is -0.595. The number of fused-ring (bicyclic) bond motifs is 5. The zero-order valence-corrected chi connectivity index (χ0v) is 17.4. The Balaban J connectivity index is 1.34. The number of aryl methyl sites for hydroxylation is 1. The SMILES string of the molecule is C[C@]12CC[C@@H]3c4ccc(O)cc4CC[C@H]3[C@@H]1CC(C(=O)NCc1ccncc1)[C@@H]2O. The molecule has 2 aromatic rings. The Bertz CT molecular complexity index is 947.